The summed E-state index contributed by atoms with van der Waals surface area (Å²) < 4.78 is 12.7. The lowest BCUT2D eigenvalue weighted by Gasteiger charge is -2.06. The molecule has 0 aliphatic heterocycles. The molecule has 0 fully saturated rings. The van der Waals surface area contributed by atoms with Crippen molar-refractivity contribution in [1.82, 2.24) is 10.6 Å². The molecule has 5 nitrogen and oxygen atoms in total. The number of aliphatic carboxylic acids is 1. The molecule has 3 N–H and O–H groups in total. The predicted octanol–water partition coefficient (Wildman–Crippen LogP) is 0.939. The normalized spacial score (nSPS) is 10.2. The Labute approximate surface area is 117 Å². The van der Waals surface area contributed by atoms with Crippen LogP contribution in [-0.4, -0.2) is 36.6 Å². The van der Waals surface area contributed by atoms with Crippen LogP contribution in [0.3, 0.4) is 0 Å². The van der Waals surface area contributed by atoms with Crippen molar-refractivity contribution in [3.63, 3.8) is 0 Å². The topological polar surface area (TPSA) is 78.4 Å². The molecule has 1 amide bonds. The smallest absolute Gasteiger partial charge is 0.303 e. The van der Waals surface area contributed by atoms with E-state index in [4.69, 9.17) is 5.11 Å². The first-order chi connectivity index (χ1) is 9.58. The maximum Gasteiger partial charge on any atom is 0.303 e. The fourth-order valence-electron chi connectivity index (χ4n) is 1.63. The SMILES string of the molecule is O=C(O)CCCNCC(=O)NCCc1ccc(F)cc1. The Hall–Kier alpha value is -1.95. The van der Waals surface area contributed by atoms with Crippen molar-refractivity contribution < 1.29 is 19.1 Å². The van der Waals surface area contributed by atoms with E-state index in [0.717, 1.165) is 5.56 Å². The van der Waals surface area contributed by atoms with Gasteiger partial charge in [-0.05, 0) is 37.1 Å². The second-order valence-corrected chi connectivity index (χ2v) is 4.40. The fraction of sp³-hybridized carbons (Fsp3) is 0.429. The number of benzene rings is 1. The van der Waals surface area contributed by atoms with Crippen LogP contribution in [0.1, 0.15) is 18.4 Å². The van der Waals surface area contributed by atoms with Gasteiger partial charge in [-0.1, -0.05) is 12.1 Å². The highest BCUT2D eigenvalue weighted by Crippen LogP contribution is 2.02. The molecule has 0 heterocycles. The Morgan fingerprint density at radius 2 is 1.85 bits per heavy atom. The summed E-state index contributed by atoms with van der Waals surface area (Å²) in [5.41, 5.74) is 0.959. The molecule has 0 aliphatic rings. The average Bonchev–Trinajstić information content (AvgIpc) is 2.40. The molecule has 1 rings (SSSR count). The minimum Gasteiger partial charge on any atom is -0.481 e. The molecule has 1 aromatic rings. The monoisotopic (exact) mass is 282 g/mol. The van der Waals surface area contributed by atoms with Gasteiger partial charge in [0.15, 0.2) is 0 Å². The van der Waals surface area contributed by atoms with Crippen molar-refractivity contribution in [3.05, 3.63) is 35.6 Å². The number of halogens is 1. The molecule has 0 aliphatic carbocycles. The summed E-state index contributed by atoms with van der Waals surface area (Å²) in [6.07, 6.45) is 1.24. The van der Waals surface area contributed by atoms with Crippen LogP contribution in [0.2, 0.25) is 0 Å². The molecule has 0 spiro atoms. The highest BCUT2D eigenvalue weighted by atomic mass is 19.1. The number of carbonyl (C=O) groups is 2. The molecular weight excluding hydrogens is 263 g/mol. The number of carboxylic acid groups (broad SMARTS) is 1. The summed E-state index contributed by atoms with van der Waals surface area (Å²) >= 11 is 0. The molecule has 0 saturated carbocycles. The molecule has 110 valence electrons. The van der Waals surface area contributed by atoms with E-state index in [-0.39, 0.29) is 24.7 Å². The van der Waals surface area contributed by atoms with Gasteiger partial charge in [0, 0.05) is 13.0 Å². The highest BCUT2D eigenvalue weighted by molar-refractivity contribution is 5.77. The van der Waals surface area contributed by atoms with Gasteiger partial charge in [0.25, 0.3) is 0 Å². The van der Waals surface area contributed by atoms with Crippen LogP contribution in [0, 0.1) is 5.82 Å². The van der Waals surface area contributed by atoms with Gasteiger partial charge in [-0.25, -0.2) is 4.39 Å². The van der Waals surface area contributed by atoms with Crippen LogP contribution in [0.25, 0.3) is 0 Å². The summed E-state index contributed by atoms with van der Waals surface area (Å²) in [5, 5.41) is 14.0. The van der Waals surface area contributed by atoms with Gasteiger partial charge < -0.3 is 15.7 Å². The van der Waals surface area contributed by atoms with Gasteiger partial charge >= 0.3 is 5.97 Å². The molecule has 6 heteroatoms. The highest BCUT2D eigenvalue weighted by Gasteiger charge is 2.01. The lowest BCUT2D eigenvalue weighted by Crippen LogP contribution is -2.35. The summed E-state index contributed by atoms with van der Waals surface area (Å²) in [4.78, 5) is 21.7. The van der Waals surface area contributed by atoms with Gasteiger partial charge in [0.1, 0.15) is 5.82 Å². The van der Waals surface area contributed by atoms with Crippen molar-refractivity contribution in [2.75, 3.05) is 19.6 Å². The zero-order valence-corrected chi connectivity index (χ0v) is 11.2. The minimum absolute atomic E-state index is 0.0964. The zero-order chi connectivity index (χ0) is 14.8. The maximum absolute atomic E-state index is 12.7. The van der Waals surface area contributed by atoms with E-state index < -0.39 is 5.97 Å². The van der Waals surface area contributed by atoms with E-state index in [2.05, 4.69) is 10.6 Å². The third-order valence-electron chi connectivity index (χ3n) is 2.68. The third kappa shape index (κ3) is 7.48. The molecular formula is C14H19FN2O3. The molecule has 1 aromatic carbocycles. The summed E-state index contributed by atoms with van der Waals surface area (Å²) in [6.45, 7) is 1.15. The van der Waals surface area contributed by atoms with Gasteiger partial charge in [-0.2, -0.15) is 0 Å². The standard InChI is InChI=1S/C14H19FN2O3/c15-12-5-3-11(4-6-12)7-9-17-13(18)10-16-8-1-2-14(19)20/h3-6,16H,1-2,7-10H2,(H,17,18)(H,19,20). The van der Waals surface area contributed by atoms with E-state index in [1.54, 1.807) is 12.1 Å². The molecule has 0 radical (unpaired) electrons. The maximum atomic E-state index is 12.7. The largest absolute Gasteiger partial charge is 0.481 e. The predicted molar refractivity (Wildman–Crippen MR) is 72.9 cm³/mol. The van der Waals surface area contributed by atoms with Crippen LogP contribution in [0.4, 0.5) is 4.39 Å². The Balaban J connectivity index is 2.05. The number of amides is 1. The van der Waals surface area contributed by atoms with Gasteiger partial charge in [-0.3, -0.25) is 9.59 Å². The van der Waals surface area contributed by atoms with Crippen molar-refractivity contribution in [3.8, 4) is 0 Å². The van der Waals surface area contributed by atoms with E-state index in [0.29, 0.717) is 25.9 Å². The van der Waals surface area contributed by atoms with Gasteiger partial charge in [0.2, 0.25) is 5.91 Å². The third-order valence-corrected chi connectivity index (χ3v) is 2.68. The fourth-order valence-corrected chi connectivity index (χ4v) is 1.63. The second kappa shape index (κ2) is 9.03. The Bertz CT molecular complexity index is 435. The first-order valence-corrected chi connectivity index (χ1v) is 6.51. The Kier molecular flexibility index (Phi) is 7.27. The first-order valence-electron chi connectivity index (χ1n) is 6.51. The second-order valence-electron chi connectivity index (χ2n) is 4.40. The van der Waals surface area contributed by atoms with Gasteiger partial charge in [-0.15, -0.1) is 0 Å². The Morgan fingerprint density at radius 1 is 1.15 bits per heavy atom. The molecule has 0 bridgehead atoms. The summed E-state index contributed by atoms with van der Waals surface area (Å²) in [6, 6.07) is 6.15. The quantitative estimate of drug-likeness (QED) is 0.589. The lowest BCUT2D eigenvalue weighted by molar-refractivity contribution is -0.137. The molecule has 0 saturated heterocycles. The van der Waals surface area contributed by atoms with Crippen LogP contribution < -0.4 is 10.6 Å². The van der Waals surface area contributed by atoms with E-state index >= 15 is 0 Å². The Morgan fingerprint density at radius 3 is 2.50 bits per heavy atom. The summed E-state index contributed by atoms with van der Waals surface area (Å²) in [7, 11) is 0. The van der Waals surface area contributed by atoms with Crippen LogP contribution in [0.5, 0.6) is 0 Å². The number of nitrogens with one attached hydrogen (secondary N) is 2. The van der Waals surface area contributed by atoms with Crippen molar-refractivity contribution in [1.29, 1.82) is 0 Å². The van der Waals surface area contributed by atoms with Crippen LogP contribution >= 0.6 is 0 Å². The molecule has 0 unspecified atom stereocenters. The minimum atomic E-state index is -0.837. The van der Waals surface area contributed by atoms with Gasteiger partial charge in [0.05, 0.1) is 6.54 Å². The van der Waals surface area contributed by atoms with Crippen LogP contribution in [-0.2, 0) is 16.0 Å². The summed E-state index contributed by atoms with van der Waals surface area (Å²) in [5.74, 6) is -1.25. The number of carboxylic acids is 1. The number of rotatable bonds is 9. The van der Waals surface area contributed by atoms with E-state index in [9.17, 15) is 14.0 Å². The van der Waals surface area contributed by atoms with Crippen molar-refractivity contribution >= 4 is 11.9 Å². The average molecular weight is 282 g/mol. The van der Waals surface area contributed by atoms with Crippen molar-refractivity contribution in [2.24, 2.45) is 0 Å². The zero-order valence-electron chi connectivity index (χ0n) is 11.2. The van der Waals surface area contributed by atoms with Crippen LogP contribution in [0.15, 0.2) is 24.3 Å². The lowest BCUT2D eigenvalue weighted by atomic mass is 10.1. The molecule has 0 aromatic heterocycles. The number of hydrogen-bond acceptors (Lipinski definition) is 3. The first kappa shape index (κ1) is 16.1. The molecule has 0 atom stereocenters. The number of hydrogen-bond donors (Lipinski definition) is 3. The number of carbonyl (C=O) groups excluding carboxylic acids is 1. The van der Waals surface area contributed by atoms with E-state index in [1.165, 1.54) is 12.1 Å². The van der Waals surface area contributed by atoms with E-state index in [1.807, 2.05) is 0 Å². The molecule has 20 heavy (non-hydrogen) atoms. The van der Waals surface area contributed by atoms with Crippen molar-refractivity contribution in [2.45, 2.75) is 19.3 Å².